The molecule has 0 bridgehead atoms. The topological polar surface area (TPSA) is 80.2 Å². The fourth-order valence-electron chi connectivity index (χ4n) is 2.08. The molecule has 0 radical (unpaired) electrons. The maximum absolute atomic E-state index is 12.1. The summed E-state index contributed by atoms with van der Waals surface area (Å²) in [7, 11) is 1.46. The summed E-state index contributed by atoms with van der Waals surface area (Å²) in [6, 6.07) is 10.4. The third-order valence-corrected chi connectivity index (χ3v) is 3.75. The van der Waals surface area contributed by atoms with Gasteiger partial charge in [-0.05, 0) is 67.8 Å². The number of rotatable bonds is 6. The predicted molar refractivity (Wildman–Crippen MR) is 96.4 cm³/mol. The number of amides is 1. The van der Waals surface area contributed by atoms with E-state index in [2.05, 4.69) is 10.5 Å². The Balaban J connectivity index is 1.93. The molecule has 0 spiro atoms. The van der Waals surface area contributed by atoms with E-state index in [0.717, 1.165) is 5.56 Å². The molecule has 0 aliphatic carbocycles. The normalized spacial score (nSPS) is 12.0. The summed E-state index contributed by atoms with van der Waals surface area (Å²) >= 11 is 0. The van der Waals surface area contributed by atoms with Crippen molar-refractivity contribution in [2.75, 3.05) is 7.11 Å². The lowest BCUT2D eigenvalue weighted by Gasteiger charge is -2.14. The maximum Gasteiger partial charge on any atom is 0.280 e. The highest BCUT2D eigenvalue weighted by molar-refractivity contribution is 5.84. The van der Waals surface area contributed by atoms with Gasteiger partial charge < -0.3 is 14.6 Å². The average molecular weight is 342 g/mol. The molecule has 6 nitrogen and oxygen atoms in total. The molecule has 0 heterocycles. The third kappa shape index (κ3) is 4.97. The number of methoxy groups -OCH3 is 1. The SMILES string of the molecule is COc1cc(/C=N/NC(=O)C(C)Oc2ccc(C)c(C)c2)ccc1O. The molecule has 2 aromatic rings. The van der Waals surface area contributed by atoms with Gasteiger partial charge in [-0.3, -0.25) is 4.79 Å². The second kappa shape index (κ2) is 8.19. The Labute approximate surface area is 147 Å². The standard InChI is InChI=1S/C19H22N2O4/c1-12-5-7-16(9-13(12)2)25-14(3)19(23)21-20-11-15-6-8-17(22)18(10-15)24-4/h5-11,14,22H,1-4H3,(H,21,23)/b20-11+. The fourth-order valence-corrected chi connectivity index (χ4v) is 2.08. The molecule has 25 heavy (non-hydrogen) atoms. The Bertz CT molecular complexity index is 787. The molecule has 1 amide bonds. The Hall–Kier alpha value is -3.02. The minimum absolute atomic E-state index is 0.0408. The molecule has 2 rings (SSSR count). The van der Waals surface area contributed by atoms with Crippen LogP contribution in [0.1, 0.15) is 23.6 Å². The minimum Gasteiger partial charge on any atom is -0.504 e. The van der Waals surface area contributed by atoms with Gasteiger partial charge in [-0.25, -0.2) is 5.43 Å². The summed E-state index contributed by atoms with van der Waals surface area (Å²) in [5.41, 5.74) is 5.38. The van der Waals surface area contributed by atoms with Gasteiger partial charge in [-0.15, -0.1) is 0 Å². The smallest absolute Gasteiger partial charge is 0.280 e. The van der Waals surface area contributed by atoms with Crippen LogP contribution in [-0.4, -0.2) is 30.4 Å². The van der Waals surface area contributed by atoms with Gasteiger partial charge in [0.1, 0.15) is 5.75 Å². The lowest BCUT2D eigenvalue weighted by atomic mass is 10.1. The molecule has 132 valence electrons. The largest absolute Gasteiger partial charge is 0.504 e. The monoisotopic (exact) mass is 342 g/mol. The van der Waals surface area contributed by atoms with E-state index < -0.39 is 6.10 Å². The molecule has 1 unspecified atom stereocenters. The molecule has 0 fully saturated rings. The molecule has 2 N–H and O–H groups in total. The number of aryl methyl sites for hydroxylation is 2. The van der Waals surface area contributed by atoms with E-state index in [1.165, 1.54) is 25.0 Å². The van der Waals surface area contributed by atoms with Gasteiger partial charge >= 0.3 is 0 Å². The number of carbonyl (C=O) groups is 1. The Morgan fingerprint density at radius 3 is 2.64 bits per heavy atom. The lowest BCUT2D eigenvalue weighted by Crippen LogP contribution is -2.33. The van der Waals surface area contributed by atoms with E-state index in [1.807, 2.05) is 32.0 Å². The van der Waals surface area contributed by atoms with Crippen LogP contribution < -0.4 is 14.9 Å². The van der Waals surface area contributed by atoms with E-state index in [9.17, 15) is 9.90 Å². The van der Waals surface area contributed by atoms with Gasteiger partial charge in [0, 0.05) is 0 Å². The number of nitrogens with zero attached hydrogens (tertiary/aromatic N) is 1. The van der Waals surface area contributed by atoms with Crippen LogP contribution in [0.2, 0.25) is 0 Å². The number of hydrogen-bond acceptors (Lipinski definition) is 5. The van der Waals surface area contributed by atoms with Gasteiger partial charge in [-0.1, -0.05) is 6.07 Å². The summed E-state index contributed by atoms with van der Waals surface area (Å²) in [4.78, 5) is 12.1. The van der Waals surface area contributed by atoms with Crippen LogP contribution in [-0.2, 0) is 4.79 Å². The number of phenols is 1. The highest BCUT2D eigenvalue weighted by Crippen LogP contribution is 2.25. The average Bonchev–Trinajstić information content (AvgIpc) is 2.59. The van der Waals surface area contributed by atoms with Crippen LogP contribution in [0, 0.1) is 13.8 Å². The number of benzene rings is 2. The molecule has 0 saturated heterocycles. The van der Waals surface area contributed by atoms with Crippen LogP contribution in [0.4, 0.5) is 0 Å². The van der Waals surface area contributed by atoms with E-state index in [1.54, 1.807) is 19.1 Å². The number of carbonyl (C=O) groups excluding carboxylic acids is 1. The Morgan fingerprint density at radius 2 is 1.96 bits per heavy atom. The fraction of sp³-hybridized carbons (Fsp3) is 0.263. The first kappa shape index (κ1) is 18.3. The zero-order valence-corrected chi connectivity index (χ0v) is 14.7. The number of aromatic hydroxyl groups is 1. The number of ether oxygens (including phenoxy) is 2. The second-order valence-corrected chi connectivity index (χ2v) is 5.67. The van der Waals surface area contributed by atoms with Crippen molar-refractivity contribution < 1.29 is 19.4 Å². The summed E-state index contributed by atoms with van der Waals surface area (Å²) in [5.74, 6) is 0.652. The van der Waals surface area contributed by atoms with Crippen molar-refractivity contribution in [1.29, 1.82) is 0 Å². The molecule has 0 aliphatic heterocycles. The van der Waals surface area contributed by atoms with E-state index in [-0.39, 0.29) is 11.7 Å². The number of nitrogens with one attached hydrogen (secondary N) is 1. The first-order chi connectivity index (χ1) is 11.9. The van der Waals surface area contributed by atoms with Crippen LogP contribution in [0.25, 0.3) is 0 Å². The third-order valence-electron chi connectivity index (χ3n) is 3.75. The van der Waals surface area contributed by atoms with Crippen molar-refractivity contribution in [3.05, 3.63) is 53.1 Å². The van der Waals surface area contributed by atoms with Gasteiger partial charge in [-0.2, -0.15) is 5.10 Å². The lowest BCUT2D eigenvalue weighted by molar-refractivity contribution is -0.127. The minimum atomic E-state index is -0.686. The van der Waals surface area contributed by atoms with Gasteiger partial charge in [0.25, 0.3) is 5.91 Å². The van der Waals surface area contributed by atoms with Gasteiger partial charge in [0.05, 0.1) is 13.3 Å². The molecular formula is C19H22N2O4. The molecule has 0 aliphatic rings. The first-order valence-electron chi connectivity index (χ1n) is 7.84. The zero-order chi connectivity index (χ0) is 18.4. The number of hydrazone groups is 1. The summed E-state index contributed by atoms with van der Waals surface area (Å²) in [6.45, 7) is 5.66. The van der Waals surface area contributed by atoms with Crippen molar-refractivity contribution in [2.24, 2.45) is 5.10 Å². The summed E-state index contributed by atoms with van der Waals surface area (Å²) < 4.78 is 10.6. The van der Waals surface area contributed by atoms with E-state index in [0.29, 0.717) is 17.1 Å². The number of hydrogen-bond donors (Lipinski definition) is 2. The Kier molecular flexibility index (Phi) is 6.00. The van der Waals surface area contributed by atoms with Crippen LogP contribution in [0.3, 0.4) is 0 Å². The van der Waals surface area contributed by atoms with E-state index in [4.69, 9.17) is 9.47 Å². The van der Waals surface area contributed by atoms with Crippen molar-refractivity contribution in [3.8, 4) is 17.2 Å². The van der Waals surface area contributed by atoms with Crippen molar-refractivity contribution in [1.82, 2.24) is 5.43 Å². The predicted octanol–water partition coefficient (Wildman–Crippen LogP) is 2.94. The van der Waals surface area contributed by atoms with Crippen LogP contribution in [0.5, 0.6) is 17.2 Å². The summed E-state index contributed by atoms with van der Waals surface area (Å²) in [5, 5.41) is 13.4. The van der Waals surface area contributed by atoms with Crippen molar-refractivity contribution in [3.63, 3.8) is 0 Å². The molecule has 6 heteroatoms. The van der Waals surface area contributed by atoms with Crippen LogP contribution in [0.15, 0.2) is 41.5 Å². The first-order valence-corrected chi connectivity index (χ1v) is 7.84. The highest BCUT2D eigenvalue weighted by atomic mass is 16.5. The number of phenolic OH excluding ortho intramolecular Hbond substituents is 1. The molecular weight excluding hydrogens is 320 g/mol. The molecule has 1 atom stereocenters. The molecule has 0 aromatic heterocycles. The van der Waals surface area contributed by atoms with Crippen molar-refractivity contribution >= 4 is 12.1 Å². The maximum atomic E-state index is 12.1. The Morgan fingerprint density at radius 1 is 1.20 bits per heavy atom. The van der Waals surface area contributed by atoms with Crippen LogP contribution >= 0.6 is 0 Å². The van der Waals surface area contributed by atoms with E-state index >= 15 is 0 Å². The molecule has 2 aromatic carbocycles. The van der Waals surface area contributed by atoms with Gasteiger partial charge in [0.15, 0.2) is 17.6 Å². The summed E-state index contributed by atoms with van der Waals surface area (Å²) in [6.07, 6.45) is 0.774. The molecule has 0 saturated carbocycles. The quantitative estimate of drug-likeness (QED) is 0.625. The highest BCUT2D eigenvalue weighted by Gasteiger charge is 2.14. The van der Waals surface area contributed by atoms with Gasteiger partial charge in [0.2, 0.25) is 0 Å². The van der Waals surface area contributed by atoms with Crippen molar-refractivity contribution in [2.45, 2.75) is 26.9 Å². The zero-order valence-electron chi connectivity index (χ0n) is 14.7. The second-order valence-electron chi connectivity index (χ2n) is 5.67.